The molecule has 17 nitrogen and oxygen atoms in total. The number of rotatable bonds is 78. The minimum Gasteiger partial charge on any atom is -0.462 e. The minimum atomic E-state index is -5.02. The number of hydrogen-bond donors (Lipinski definition) is 3. The molecule has 112 heavy (non-hydrogen) atoms. The standard InChI is InChI=1S/C93H150O17P2/c1-5-9-13-17-21-25-29-33-37-40-43-46-50-53-57-61-65-69-73-77-90(95)103-83-88(109-92(97)79-75-71-67-63-59-55-49-36-32-28-24-20-16-12-8-4)85-107-111(99,100)105-81-87(94)82-106-112(101,102)108-86-89(110-93(98)80-76-72-68-64-60-56-52-48-45-42-39-35-31-27-23-19-15-11-7-3)84-104-91(96)78-74-70-66-62-58-54-51-47-44-41-38-34-30-26-22-18-14-10-6-2/h9-11,13-15,21-23,25-27,33-35,37-39,43-48,53-54,56-58,60,66,70,87-89,94H,5-8,12,16-20,24,28-32,36,40-42,49-52,55,59,61-65,67-69,71-86H2,1-4H3,(H,99,100)(H,101,102)/b13-9-,14-10-,15-11-,25-21-,26-22-,27-23-,37-33-,38-34-,39-35-,46-43-,47-44-,48-45-,57-53-,58-54-,60-56-,70-66-. The summed E-state index contributed by atoms with van der Waals surface area (Å²) in [5.74, 6) is -2.36. The normalized spacial score (nSPS) is 14.7. The molecular formula is C93H150O17P2. The third-order valence-corrected chi connectivity index (χ3v) is 19.0. The van der Waals surface area contributed by atoms with Crippen molar-refractivity contribution in [1.82, 2.24) is 0 Å². The largest absolute Gasteiger partial charge is 0.472 e. The van der Waals surface area contributed by atoms with Gasteiger partial charge < -0.3 is 33.8 Å². The number of aliphatic hydroxyl groups is 1. The molecule has 0 rings (SSSR count). The van der Waals surface area contributed by atoms with Crippen LogP contribution < -0.4 is 0 Å². The van der Waals surface area contributed by atoms with Gasteiger partial charge in [0.1, 0.15) is 19.3 Å². The second kappa shape index (κ2) is 82.9. The molecule has 0 spiro atoms. The van der Waals surface area contributed by atoms with E-state index in [1.54, 1.807) is 0 Å². The van der Waals surface area contributed by atoms with Gasteiger partial charge in [0.15, 0.2) is 12.2 Å². The molecule has 5 unspecified atom stereocenters. The fourth-order valence-corrected chi connectivity index (χ4v) is 12.3. The fourth-order valence-electron chi connectivity index (χ4n) is 10.7. The summed E-state index contributed by atoms with van der Waals surface area (Å²) < 4.78 is 68.7. The van der Waals surface area contributed by atoms with Crippen molar-refractivity contribution in [3.63, 3.8) is 0 Å². The first-order valence-corrected chi connectivity index (χ1v) is 45.7. The minimum absolute atomic E-state index is 0.0205. The van der Waals surface area contributed by atoms with E-state index in [1.165, 1.54) is 64.2 Å². The summed E-state index contributed by atoms with van der Waals surface area (Å²) in [4.78, 5) is 73.3. The van der Waals surface area contributed by atoms with Gasteiger partial charge in [-0.2, -0.15) is 0 Å². The number of esters is 4. The number of phosphoric acid groups is 2. The molecule has 0 aliphatic carbocycles. The monoisotopic (exact) mass is 1600 g/mol. The molecule has 19 heteroatoms. The topological polar surface area (TPSA) is 237 Å². The second-order valence-electron chi connectivity index (χ2n) is 27.6. The molecule has 0 saturated carbocycles. The highest BCUT2D eigenvalue weighted by Gasteiger charge is 2.30. The lowest BCUT2D eigenvalue weighted by atomic mass is 10.0. The Morgan fingerprint density at radius 3 is 0.768 bits per heavy atom. The van der Waals surface area contributed by atoms with E-state index in [-0.39, 0.29) is 25.7 Å². The van der Waals surface area contributed by atoms with Crippen LogP contribution in [0.3, 0.4) is 0 Å². The summed E-state index contributed by atoms with van der Waals surface area (Å²) in [6.07, 6.45) is 103. The van der Waals surface area contributed by atoms with E-state index in [0.29, 0.717) is 32.1 Å². The van der Waals surface area contributed by atoms with Crippen molar-refractivity contribution in [1.29, 1.82) is 0 Å². The molecule has 634 valence electrons. The zero-order chi connectivity index (χ0) is 81.7. The van der Waals surface area contributed by atoms with Gasteiger partial charge in [0.25, 0.3) is 0 Å². The summed E-state index contributed by atoms with van der Waals surface area (Å²) in [6, 6.07) is 0. The van der Waals surface area contributed by atoms with Crippen LogP contribution in [-0.4, -0.2) is 96.7 Å². The third kappa shape index (κ3) is 81.9. The van der Waals surface area contributed by atoms with Crippen LogP contribution in [0.15, 0.2) is 194 Å². The van der Waals surface area contributed by atoms with Crippen molar-refractivity contribution in [2.45, 2.75) is 329 Å². The van der Waals surface area contributed by atoms with Gasteiger partial charge in [0, 0.05) is 25.7 Å². The lowest BCUT2D eigenvalue weighted by Gasteiger charge is -2.21. The van der Waals surface area contributed by atoms with Gasteiger partial charge in [-0.1, -0.05) is 325 Å². The van der Waals surface area contributed by atoms with E-state index in [4.69, 9.17) is 37.0 Å². The molecule has 0 bridgehead atoms. The Labute approximate surface area is 678 Å². The fraction of sp³-hybridized carbons (Fsp3) is 0.613. The first kappa shape index (κ1) is 106. The highest BCUT2D eigenvalue weighted by molar-refractivity contribution is 7.47. The molecule has 0 amide bonds. The van der Waals surface area contributed by atoms with E-state index in [1.807, 2.05) is 18.2 Å². The molecule has 0 fully saturated rings. The van der Waals surface area contributed by atoms with E-state index in [2.05, 4.69) is 204 Å². The van der Waals surface area contributed by atoms with Gasteiger partial charge in [0.05, 0.1) is 26.4 Å². The highest BCUT2D eigenvalue weighted by Crippen LogP contribution is 2.45. The van der Waals surface area contributed by atoms with Crippen molar-refractivity contribution in [2.75, 3.05) is 39.6 Å². The lowest BCUT2D eigenvalue weighted by molar-refractivity contribution is -0.161. The predicted octanol–water partition coefficient (Wildman–Crippen LogP) is 25.7. The average Bonchev–Trinajstić information content (AvgIpc) is 0.898. The van der Waals surface area contributed by atoms with Gasteiger partial charge in [-0.05, 0) is 154 Å². The number of ether oxygens (including phenoxy) is 4. The highest BCUT2D eigenvalue weighted by atomic mass is 31.2. The van der Waals surface area contributed by atoms with Gasteiger partial charge in [-0.25, -0.2) is 9.13 Å². The van der Waals surface area contributed by atoms with Crippen molar-refractivity contribution in [3.05, 3.63) is 194 Å². The van der Waals surface area contributed by atoms with Crippen LogP contribution >= 0.6 is 15.6 Å². The van der Waals surface area contributed by atoms with Crippen LogP contribution in [0.25, 0.3) is 0 Å². The van der Waals surface area contributed by atoms with Gasteiger partial charge in [-0.3, -0.25) is 37.3 Å². The first-order chi connectivity index (χ1) is 54.7. The second-order valence-corrected chi connectivity index (χ2v) is 30.5. The summed E-state index contributed by atoms with van der Waals surface area (Å²) in [5, 5.41) is 10.7. The van der Waals surface area contributed by atoms with Crippen molar-refractivity contribution >= 4 is 39.5 Å². The van der Waals surface area contributed by atoms with E-state index >= 15 is 0 Å². The van der Waals surface area contributed by atoms with Crippen LogP contribution in [0.1, 0.15) is 310 Å². The Morgan fingerprint density at radius 1 is 0.259 bits per heavy atom. The van der Waals surface area contributed by atoms with Crippen LogP contribution in [0, 0.1) is 0 Å². The maximum Gasteiger partial charge on any atom is 0.472 e. The zero-order valence-electron chi connectivity index (χ0n) is 69.5. The number of allylic oxidation sites excluding steroid dienone is 32. The molecule has 0 aromatic heterocycles. The van der Waals surface area contributed by atoms with E-state index in [9.17, 15) is 43.2 Å². The van der Waals surface area contributed by atoms with Gasteiger partial charge >= 0.3 is 39.5 Å². The summed E-state index contributed by atoms with van der Waals surface area (Å²) >= 11 is 0. The number of carbonyl (C=O) groups is 4. The van der Waals surface area contributed by atoms with Gasteiger partial charge in [-0.15, -0.1) is 0 Å². The molecule has 0 radical (unpaired) electrons. The summed E-state index contributed by atoms with van der Waals surface area (Å²) in [5.41, 5.74) is 0. The molecule has 0 aromatic rings. The molecule has 0 aliphatic rings. The van der Waals surface area contributed by atoms with Crippen molar-refractivity contribution < 1.29 is 80.2 Å². The van der Waals surface area contributed by atoms with Crippen LogP contribution in [-0.2, 0) is 65.4 Å². The first-order valence-electron chi connectivity index (χ1n) is 42.7. The SMILES string of the molecule is CC/C=C\C/C=C\C/C=C\C/C=C\C/C=C\C/C=C\CCC(=O)OCC(COP(=O)(O)OCC(O)COP(=O)(O)OCC(COC(=O)CCCCC/C=C\C/C=C\C/C=C\C/C=C\C/C=C\CC)OC(=O)CCCCCCCCCCCCCCCCC)OC(=O)CCCCC/C=C\C/C=C\C/C=C\C/C=C\C/C=C\CC. The number of aliphatic hydroxyl groups excluding tert-OH is 1. The van der Waals surface area contributed by atoms with E-state index in [0.717, 1.165) is 161 Å². The van der Waals surface area contributed by atoms with Crippen LogP contribution in [0.5, 0.6) is 0 Å². The Balaban J connectivity index is 5.53. The molecule has 0 heterocycles. The van der Waals surface area contributed by atoms with E-state index < -0.39 is 97.5 Å². The predicted molar refractivity (Wildman–Crippen MR) is 463 cm³/mol. The maximum atomic E-state index is 13.1. The van der Waals surface area contributed by atoms with Crippen LogP contribution in [0.2, 0.25) is 0 Å². The maximum absolute atomic E-state index is 13.1. The molecule has 3 N–H and O–H groups in total. The average molecular weight is 1600 g/mol. The third-order valence-electron chi connectivity index (χ3n) is 17.1. The number of unbranched alkanes of at least 4 members (excludes halogenated alkanes) is 20. The summed E-state index contributed by atoms with van der Waals surface area (Å²) in [7, 11) is -10.0. The Hall–Kier alpha value is -6.10. The van der Waals surface area contributed by atoms with Crippen molar-refractivity contribution in [3.8, 4) is 0 Å². The Bertz CT molecular complexity index is 2890. The molecule has 5 atom stereocenters. The van der Waals surface area contributed by atoms with Crippen molar-refractivity contribution in [2.24, 2.45) is 0 Å². The molecular weight excluding hydrogens is 1450 g/mol. The Kier molecular flexibility index (Phi) is 78.4. The lowest BCUT2D eigenvalue weighted by Crippen LogP contribution is -2.30. The zero-order valence-corrected chi connectivity index (χ0v) is 71.3. The van der Waals surface area contributed by atoms with Crippen LogP contribution in [0.4, 0.5) is 0 Å². The number of phosphoric ester groups is 2. The Morgan fingerprint density at radius 2 is 0.482 bits per heavy atom. The quantitative estimate of drug-likeness (QED) is 0.0169. The van der Waals surface area contributed by atoms with Gasteiger partial charge in [0.2, 0.25) is 0 Å². The molecule has 0 aliphatic heterocycles. The summed E-state index contributed by atoms with van der Waals surface area (Å²) in [6.45, 7) is 4.38. The molecule has 0 saturated heterocycles. The molecule has 0 aromatic carbocycles. The number of hydrogen-bond acceptors (Lipinski definition) is 15. The smallest absolute Gasteiger partial charge is 0.462 e. The number of carbonyl (C=O) groups excluding carboxylic acids is 4.